The van der Waals surface area contributed by atoms with Gasteiger partial charge in [0.15, 0.2) is 11.6 Å². The summed E-state index contributed by atoms with van der Waals surface area (Å²) >= 11 is 0. The largest absolute Gasteiger partial charge is 0.295 e. The molecule has 0 unspecified atom stereocenters. The molecule has 2 rings (SSSR count). The van der Waals surface area contributed by atoms with Gasteiger partial charge in [-0.15, -0.1) is 0 Å². The third-order valence-corrected chi connectivity index (χ3v) is 5.35. The molecule has 0 aromatic heterocycles. The van der Waals surface area contributed by atoms with E-state index in [2.05, 4.69) is 26.8 Å². The van der Waals surface area contributed by atoms with E-state index in [0.717, 1.165) is 24.0 Å². The average molecular weight is 300 g/mol. The van der Waals surface area contributed by atoms with Crippen molar-refractivity contribution in [3.63, 3.8) is 0 Å². The molecule has 0 aliphatic heterocycles. The quantitative estimate of drug-likeness (QED) is 0.602. The molecule has 2 aliphatic rings. The average Bonchev–Trinajstić information content (AvgIpc) is 2.92. The monoisotopic (exact) mass is 300 g/mol. The highest BCUT2D eigenvalue weighted by Gasteiger charge is 2.55. The zero-order valence-electron chi connectivity index (χ0n) is 14.5. The molecule has 0 aromatic rings. The summed E-state index contributed by atoms with van der Waals surface area (Å²) in [6, 6.07) is 0. The van der Waals surface area contributed by atoms with Gasteiger partial charge in [-0.2, -0.15) is 0 Å². The molecule has 22 heavy (non-hydrogen) atoms. The van der Waals surface area contributed by atoms with E-state index in [4.69, 9.17) is 0 Å². The number of carbonyl (C=O) groups is 2. The highest BCUT2D eigenvalue weighted by atomic mass is 16.1. The molecule has 2 heteroatoms. The lowest BCUT2D eigenvalue weighted by Gasteiger charge is -2.04. The van der Waals surface area contributed by atoms with Crippen LogP contribution in [-0.4, -0.2) is 11.6 Å². The van der Waals surface area contributed by atoms with Crippen LogP contribution in [0.25, 0.3) is 0 Å². The number of allylic oxidation sites excluding steroid dienone is 6. The Bertz CT molecular complexity index is 573. The first kappa shape index (κ1) is 16.9. The van der Waals surface area contributed by atoms with E-state index >= 15 is 0 Å². The van der Waals surface area contributed by atoms with Crippen LogP contribution in [0, 0.1) is 17.3 Å². The minimum absolute atomic E-state index is 0.148. The van der Waals surface area contributed by atoms with E-state index in [1.165, 1.54) is 5.57 Å². The summed E-state index contributed by atoms with van der Waals surface area (Å²) in [6.45, 7) is 10.5. The SMILES string of the molecule is C/C1=C/C(=O)C/C(C)=C\CC(=O)/C(C)=C\[C@@H]2[C@@H](CC1)C2(C)C. The summed E-state index contributed by atoms with van der Waals surface area (Å²) in [4.78, 5) is 24.3. The van der Waals surface area contributed by atoms with Crippen molar-refractivity contribution < 1.29 is 9.59 Å². The molecule has 0 aromatic carbocycles. The second-order valence-corrected chi connectivity index (χ2v) is 7.65. The van der Waals surface area contributed by atoms with Gasteiger partial charge in [-0.3, -0.25) is 9.59 Å². The Morgan fingerprint density at radius 2 is 1.77 bits per heavy atom. The van der Waals surface area contributed by atoms with Crippen molar-refractivity contribution in [2.75, 3.05) is 0 Å². The Kier molecular flexibility index (Phi) is 4.89. The maximum atomic E-state index is 12.2. The number of ketones is 2. The molecule has 2 nitrogen and oxygen atoms in total. The number of Topliss-reactive ketones (excluding diaryl/α,β-unsaturated/α-hetero) is 1. The Labute approximate surface area is 134 Å². The topological polar surface area (TPSA) is 34.1 Å². The molecule has 0 radical (unpaired) electrons. The second-order valence-electron chi connectivity index (χ2n) is 7.65. The zero-order chi connectivity index (χ0) is 16.5. The van der Waals surface area contributed by atoms with E-state index in [0.29, 0.717) is 24.7 Å². The van der Waals surface area contributed by atoms with Crippen LogP contribution in [0.1, 0.15) is 60.3 Å². The molecule has 2 atom stereocenters. The van der Waals surface area contributed by atoms with Crippen LogP contribution < -0.4 is 0 Å². The number of carbonyl (C=O) groups excluding carboxylic acids is 2. The minimum Gasteiger partial charge on any atom is -0.295 e. The van der Waals surface area contributed by atoms with Crippen LogP contribution in [-0.2, 0) is 9.59 Å². The van der Waals surface area contributed by atoms with Gasteiger partial charge < -0.3 is 0 Å². The molecule has 1 fully saturated rings. The molecular formula is C20H28O2. The Morgan fingerprint density at radius 1 is 1.09 bits per heavy atom. The van der Waals surface area contributed by atoms with Crippen molar-refractivity contribution in [3.8, 4) is 0 Å². The summed E-state index contributed by atoms with van der Waals surface area (Å²) < 4.78 is 0. The van der Waals surface area contributed by atoms with E-state index < -0.39 is 0 Å². The van der Waals surface area contributed by atoms with Gasteiger partial charge >= 0.3 is 0 Å². The first-order chi connectivity index (χ1) is 10.2. The lowest BCUT2D eigenvalue weighted by Crippen LogP contribution is -2.01. The van der Waals surface area contributed by atoms with Crippen molar-refractivity contribution in [1.82, 2.24) is 0 Å². The molecule has 0 amide bonds. The maximum Gasteiger partial charge on any atom is 0.162 e. The molecule has 1 saturated carbocycles. The van der Waals surface area contributed by atoms with Gasteiger partial charge in [0.1, 0.15) is 0 Å². The zero-order valence-corrected chi connectivity index (χ0v) is 14.5. The Hall–Kier alpha value is -1.44. The van der Waals surface area contributed by atoms with Gasteiger partial charge in [0.25, 0.3) is 0 Å². The molecule has 120 valence electrons. The predicted molar refractivity (Wildman–Crippen MR) is 90.5 cm³/mol. The predicted octanol–water partition coefficient (Wildman–Crippen LogP) is 4.81. The Morgan fingerprint density at radius 3 is 2.45 bits per heavy atom. The fourth-order valence-electron chi connectivity index (χ4n) is 3.59. The van der Waals surface area contributed by atoms with Gasteiger partial charge in [-0.1, -0.05) is 37.1 Å². The van der Waals surface area contributed by atoms with Crippen LogP contribution in [0.2, 0.25) is 0 Å². The van der Waals surface area contributed by atoms with Crippen LogP contribution in [0.4, 0.5) is 0 Å². The fourth-order valence-corrected chi connectivity index (χ4v) is 3.59. The van der Waals surface area contributed by atoms with Crippen LogP contribution >= 0.6 is 0 Å². The molecule has 0 spiro atoms. The number of fused-ring (bicyclic) bond motifs is 1. The van der Waals surface area contributed by atoms with Crippen molar-refractivity contribution in [3.05, 3.63) is 34.9 Å². The smallest absolute Gasteiger partial charge is 0.162 e. The summed E-state index contributed by atoms with van der Waals surface area (Å²) in [5, 5.41) is 0. The van der Waals surface area contributed by atoms with Gasteiger partial charge in [0.2, 0.25) is 0 Å². The Balaban J connectivity index is 2.25. The van der Waals surface area contributed by atoms with Gasteiger partial charge in [0.05, 0.1) is 0 Å². The van der Waals surface area contributed by atoms with E-state index in [1.807, 2.05) is 19.9 Å². The van der Waals surface area contributed by atoms with E-state index in [-0.39, 0.29) is 17.0 Å². The van der Waals surface area contributed by atoms with Gasteiger partial charge in [-0.05, 0) is 62.5 Å². The maximum absolute atomic E-state index is 12.2. The molecule has 0 heterocycles. The minimum atomic E-state index is 0.148. The third kappa shape index (κ3) is 3.85. The van der Waals surface area contributed by atoms with Crippen molar-refractivity contribution in [1.29, 1.82) is 0 Å². The summed E-state index contributed by atoms with van der Waals surface area (Å²) in [6.07, 6.45) is 8.78. The number of hydrogen-bond donors (Lipinski definition) is 0. The fraction of sp³-hybridized carbons (Fsp3) is 0.600. The molecule has 0 N–H and O–H groups in total. The molecule has 0 bridgehead atoms. The highest BCUT2D eigenvalue weighted by Crippen LogP contribution is 2.61. The van der Waals surface area contributed by atoms with Crippen molar-refractivity contribution in [2.24, 2.45) is 17.3 Å². The normalized spacial score (nSPS) is 36.9. The summed E-state index contributed by atoms with van der Waals surface area (Å²) in [7, 11) is 0. The number of hydrogen-bond acceptors (Lipinski definition) is 2. The lowest BCUT2D eigenvalue weighted by atomic mass is 10.0. The second kappa shape index (κ2) is 6.36. The number of rotatable bonds is 0. The molecule has 0 saturated heterocycles. The van der Waals surface area contributed by atoms with Crippen molar-refractivity contribution in [2.45, 2.75) is 60.3 Å². The van der Waals surface area contributed by atoms with Crippen molar-refractivity contribution >= 4 is 11.6 Å². The lowest BCUT2D eigenvalue weighted by molar-refractivity contribution is -0.115. The van der Waals surface area contributed by atoms with Gasteiger partial charge in [0, 0.05) is 12.8 Å². The highest BCUT2D eigenvalue weighted by molar-refractivity contribution is 5.96. The van der Waals surface area contributed by atoms with E-state index in [1.54, 1.807) is 6.08 Å². The molecule has 2 aliphatic carbocycles. The van der Waals surface area contributed by atoms with E-state index in [9.17, 15) is 9.59 Å². The third-order valence-electron chi connectivity index (χ3n) is 5.35. The standard InChI is InChI=1S/C20H28O2/c1-13-6-8-17-18(20(17,4)5)12-15(3)19(22)9-7-14(2)11-16(21)10-13/h7,10,12,17-18H,6,8-9,11H2,1-5H3/b13-10-,14-7-,15-12-/t17-,18-/m1/s1. The summed E-state index contributed by atoms with van der Waals surface area (Å²) in [5.74, 6) is 1.44. The first-order valence-corrected chi connectivity index (χ1v) is 8.29. The van der Waals surface area contributed by atoms with Crippen LogP contribution in [0.5, 0.6) is 0 Å². The summed E-state index contributed by atoms with van der Waals surface area (Å²) in [5.41, 5.74) is 3.31. The molecular weight excluding hydrogens is 272 g/mol. The van der Waals surface area contributed by atoms with Crippen LogP contribution in [0.15, 0.2) is 34.9 Å². The van der Waals surface area contributed by atoms with Crippen LogP contribution in [0.3, 0.4) is 0 Å². The first-order valence-electron chi connectivity index (χ1n) is 8.29. The van der Waals surface area contributed by atoms with Gasteiger partial charge in [-0.25, -0.2) is 0 Å².